The van der Waals surface area contributed by atoms with Gasteiger partial charge in [0.15, 0.2) is 11.0 Å². The third kappa shape index (κ3) is 5.85. The number of nitrogens with one attached hydrogen (secondary N) is 1. The Morgan fingerprint density at radius 1 is 1.06 bits per heavy atom. The van der Waals surface area contributed by atoms with E-state index in [1.807, 2.05) is 41.8 Å². The van der Waals surface area contributed by atoms with E-state index < -0.39 is 0 Å². The third-order valence-electron chi connectivity index (χ3n) is 5.08. The molecule has 8 heteroatoms. The van der Waals surface area contributed by atoms with Gasteiger partial charge in [-0.15, -0.1) is 10.2 Å². The third-order valence-corrected chi connectivity index (χ3v) is 6.84. The molecule has 0 aliphatic carbocycles. The average molecular weight is 542 g/mol. The number of aryl methyl sites for hydroxylation is 2. The number of carbonyl (C=O) groups excluding carboxylic acids is 1. The number of nitrogens with zero attached hydrogens (tertiary/aromatic N) is 3. The summed E-state index contributed by atoms with van der Waals surface area (Å²) in [7, 11) is 0. The molecule has 168 valence electrons. The van der Waals surface area contributed by atoms with Crippen molar-refractivity contribution in [2.45, 2.75) is 31.3 Å². The molecular weight excluding hydrogens is 520 g/mol. The molecule has 5 nitrogen and oxygen atoms in total. The second kappa shape index (κ2) is 10.5. The lowest BCUT2D eigenvalue weighted by atomic mass is 10.2. The van der Waals surface area contributed by atoms with Crippen molar-refractivity contribution < 1.29 is 4.79 Å². The topological polar surface area (TPSA) is 59.8 Å². The van der Waals surface area contributed by atoms with Crippen LogP contribution in [0.1, 0.15) is 32.9 Å². The van der Waals surface area contributed by atoms with Gasteiger partial charge in [-0.1, -0.05) is 75.2 Å². The largest absolute Gasteiger partial charge is 0.345 e. The van der Waals surface area contributed by atoms with E-state index in [2.05, 4.69) is 62.6 Å². The van der Waals surface area contributed by atoms with Crippen LogP contribution in [0.15, 0.2) is 76.4 Å². The maximum absolute atomic E-state index is 12.6. The van der Waals surface area contributed by atoms with Gasteiger partial charge in [0.1, 0.15) is 0 Å². The highest BCUT2D eigenvalue weighted by molar-refractivity contribution is 9.10. The number of benzene rings is 3. The first-order valence-electron chi connectivity index (χ1n) is 10.3. The van der Waals surface area contributed by atoms with E-state index in [0.717, 1.165) is 26.6 Å². The molecule has 0 saturated carbocycles. The van der Waals surface area contributed by atoms with Gasteiger partial charge >= 0.3 is 0 Å². The van der Waals surface area contributed by atoms with Gasteiger partial charge in [-0.25, -0.2) is 0 Å². The molecule has 0 aliphatic heterocycles. The molecule has 0 atom stereocenters. The maximum atomic E-state index is 12.6. The summed E-state index contributed by atoms with van der Waals surface area (Å²) in [5.41, 5.74) is 4.94. The number of thioether (sulfide) groups is 1. The summed E-state index contributed by atoms with van der Waals surface area (Å²) in [5, 5.41) is 13.2. The van der Waals surface area contributed by atoms with Crippen molar-refractivity contribution in [1.82, 2.24) is 20.1 Å². The standard InChI is InChI=1S/C25H22BrClN4OS/c1-16-4-3-5-18(12-16)15-33-25-30-29-23(31(25)22-13-21(27)11-6-17(22)2)14-28-24(32)19-7-9-20(26)10-8-19/h3-13H,14-15H2,1-2H3,(H,28,32). The van der Waals surface area contributed by atoms with Crippen LogP contribution >= 0.6 is 39.3 Å². The Kier molecular flexibility index (Phi) is 7.53. The minimum absolute atomic E-state index is 0.172. The van der Waals surface area contributed by atoms with Gasteiger partial charge in [0, 0.05) is 20.8 Å². The van der Waals surface area contributed by atoms with Crippen molar-refractivity contribution in [2.24, 2.45) is 0 Å². The van der Waals surface area contributed by atoms with E-state index in [1.54, 1.807) is 23.9 Å². The molecule has 0 aliphatic rings. The zero-order valence-electron chi connectivity index (χ0n) is 18.2. The van der Waals surface area contributed by atoms with Crippen molar-refractivity contribution in [1.29, 1.82) is 0 Å². The van der Waals surface area contributed by atoms with Crippen molar-refractivity contribution >= 4 is 45.2 Å². The van der Waals surface area contributed by atoms with Crippen molar-refractivity contribution in [3.05, 3.63) is 104 Å². The fourth-order valence-corrected chi connectivity index (χ4v) is 4.72. The van der Waals surface area contributed by atoms with Crippen LogP contribution in [-0.4, -0.2) is 20.7 Å². The molecule has 4 rings (SSSR count). The van der Waals surface area contributed by atoms with Crippen LogP contribution in [0.3, 0.4) is 0 Å². The zero-order valence-corrected chi connectivity index (χ0v) is 21.3. The SMILES string of the molecule is Cc1cccc(CSc2nnc(CNC(=O)c3ccc(Br)cc3)n2-c2cc(Cl)ccc2C)c1. The Balaban J connectivity index is 1.61. The molecule has 0 bridgehead atoms. The molecule has 1 heterocycles. The van der Waals surface area contributed by atoms with Gasteiger partial charge in [-0.05, 0) is 61.4 Å². The Hall–Kier alpha value is -2.61. The van der Waals surface area contributed by atoms with Gasteiger partial charge in [-0.2, -0.15) is 0 Å². The van der Waals surface area contributed by atoms with Crippen LogP contribution in [0.25, 0.3) is 5.69 Å². The lowest BCUT2D eigenvalue weighted by molar-refractivity contribution is 0.0949. The number of rotatable bonds is 7. The molecule has 3 aromatic carbocycles. The van der Waals surface area contributed by atoms with E-state index in [4.69, 9.17) is 11.6 Å². The van der Waals surface area contributed by atoms with Gasteiger partial charge in [0.2, 0.25) is 0 Å². The summed E-state index contributed by atoms with van der Waals surface area (Å²) < 4.78 is 2.90. The van der Waals surface area contributed by atoms with Gasteiger partial charge in [0.25, 0.3) is 5.91 Å². The molecular formula is C25H22BrClN4OS. The van der Waals surface area contributed by atoms with Gasteiger partial charge in [0.05, 0.1) is 12.2 Å². The molecule has 0 fully saturated rings. The smallest absolute Gasteiger partial charge is 0.251 e. The first kappa shape index (κ1) is 23.5. The summed E-state index contributed by atoms with van der Waals surface area (Å²) in [6.07, 6.45) is 0. The van der Waals surface area contributed by atoms with E-state index in [9.17, 15) is 4.79 Å². The molecule has 0 radical (unpaired) electrons. The van der Waals surface area contributed by atoms with Crippen molar-refractivity contribution in [3.63, 3.8) is 0 Å². The van der Waals surface area contributed by atoms with Gasteiger partial charge < -0.3 is 5.32 Å². The summed E-state index contributed by atoms with van der Waals surface area (Å²) in [6, 6.07) is 21.4. The van der Waals surface area contributed by atoms with Crippen LogP contribution in [0.2, 0.25) is 5.02 Å². The van der Waals surface area contributed by atoms with Crippen molar-refractivity contribution in [2.75, 3.05) is 0 Å². The lowest BCUT2D eigenvalue weighted by Crippen LogP contribution is -2.24. The normalized spacial score (nSPS) is 10.9. The minimum Gasteiger partial charge on any atom is -0.345 e. The summed E-state index contributed by atoms with van der Waals surface area (Å²) in [4.78, 5) is 12.6. The molecule has 0 spiro atoms. The minimum atomic E-state index is -0.172. The first-order valence-corrected chi connectivity index (χ1v) is 12.5. The fourth-order valence-electron chi connectivity index (χ4n) is 3.39. The number of halogens is 2. The van der Waals surface area contributed by atoms with E-state index >= 15 is 0 Å². The zero-order chi connectivity index (χ0) is 23.4. The summed E-state index contributed by atoms with van der Waals surface area (Å²) in [6.45, 7) is 4.34. The Morgan fingerprint density at radius 2 is 1.85 bits per heavy atom. The maximum Gasteiger partial charge on any atom is 0.251 e. The Bertz CT molecular complexity index is 1290. The predicted molar refractivity (Wildman–Crippen MR) is 137 cm³/mol. The van der Waals surface area contributed by atoms with E-state index in [1.165, 1.54) is 11.1 Å². The predicted octanol–water partition coefficient (Wildman–Crippen LogP) is 6.52. The highest BCUT2D eigenvalue weighted by Crippen LogP contribution is 2.28. The van der Waals surface area contributed by atoms with Gasteiger partial charge in [-0.3, -0.25) is 9.36 Å². The van der Waals surface area contributed by atoms with E-state index in [-0.39, 0.29) is 12.5 Å². The molecule has 1 amide bonds. The molecule has 0 saturated heterocycles. The fraction of sp³-hybridized carbons (Fsp3) is 0.160. The van der Waals surface area contributed by atoms with Crippen LogP contribution in [0.5, 0.6) is 0 Å². The van der Waals surface area contributed by atoms with Crippen LogP contribution in [0, 0.1) is 13.8 Å². The first-order chi connectivity index (χ1) is 15.9. The number of carbonyl (C=O) groups is 1. The highest BCUT2D eigenvalue weighted by Gasteiger charge is 2.18. The number of aromatic nitrogens is 3. The second-order valence-electron chi connectivity index (χ2n) is 7.63. The molecule has 4 aromatic rings. The highest BCUT2D eigenvalue weighted by atomic mass is 79.9. The average Bonchev–Trinajstić information content (AvgIpc) is 3.20. The van der Waals surface area contributed by atoms with Crippen LogP contribution in [-0.2, 0) is 12.3 Å². The number of amides is 1. The summed E-state index contributed by atoms with van der Waals surface area (Å²) >= 11 is 11.3. The van der Waals surface area contributed by atoms with Crippen LogP contribution in [0.4, 0.5) is 0 Å². The van der Waals surface area contributed by atoms with Crippen molar-refractivity contribution in [3.8, 4) is 5.69 Å². The number of hydrogen-bond acceptors (Lipinski definition) is 4. The Labute approximate surface area is 210 Å². The van der Waals surface area contributed by atoms with Crippen LogP contribution < -0.4 is 5.32 Å². The monoisotopic (exact) mass is 540 g/mol. The second-order valence-corrected chi connectivity index (χ2v) is 9.93. The number of hydrogen-bond donors (Lipinski definition) is 1. The molecule has 1 N–H and O–H groups in total. The lowest BCUT2D eigenvalue weighted by Gasteiger charge is -2.14. The van der Waals surface area contributed by atoms with E-state index in [0.29, 0.717) is 16.4 Å². The quantitative estimate of drug-likeness (QED) is 0.271. The summed E-state index contributed by atoms with van der Waals surface area (Å²) in [5.74, 6) is 1.22. The molecule has 0 unspecified atom stereocenters. The Morgan fingerprint density at radius 3 is 2.61 bits per heavy atom. The molecule has 33 heavy (non-hydrogen) atoms. The molecule has 1 aromatic heterocycles.